The Morgan fingerprint density at radius 1 is 1.27 bits per heavy atom. The molecular formula is C22H28N4O4. The number of benzene rings is 1. The molecule has 1 fully saturated rings. The van der Waals surface area contributed by atoms with E-state index < -0.39 is 0 Å². The second kappa shape index (κ2) is 8.87. The third-order valence-electron chi connectivity index (χ3n) is 5.82. The van der Waals surface area contributed by atoms with E-state index in [4.69, 9.17) is 9.47 Å². The molecule has 160 valence electrons. The van der Waals surface area contributed by atoms with Crippen molar-refractivity contribution in [2.24, 2.45) is 0 Å². The number of nitrogens with one attached hydrogen (secondary N) is 1. The summed E-state index contributed by atoms with van der Waals surface area (Å²) in [7, 11) is 1.64. The molecule has 2 aliphatic heterocycles. The van der Waals surface area contributed by atoms with Crippen molar-refractivity contribution in [1.29, 1.82) is 0 Å². The number of aromatic amines is 1. The van der Waals surface area contributed by atoms with Gasteiger partial charge in [-0.25, -0.2) is 4.98 Å². The molecule has 3 heterocycles. The zero-order valence-electron chi connectivity index (χ0n) is 17.6. The molecular weight excluding hydrogens is 384 g/mol. The van der Waals surface area contributed by atoms with Gasteiger partial charge in [-0.3, -0.25) is 14.6 Å². The van der Waals surface area contributed by atoms with Crippen molar-refractivity contribution in [1.82, 2.24) is 9.97 Å². The molecule has 2 aliphatic rings. The number of hydrogen-bond donors (Lipinski definition) is 1. The van der Waals surface area contributed by atoms with Crippen LogP contribution in [-0.4, -0.2) is 55.8 Å². The Balaban J connectivity index is 1.46. The minimum absolute atomic E-state index is 0.0252. The summed E-state index contributed by atoms with van der Waals surface area (Å²) in [6, 6.07) is 5.83. The molecule has 8 heteroatoms. The van der Waals surface area contributed by atoms with E-state index in [0.717, 1.165) is 29.8 Å². The van der Waals surface area contributed by atoms with Crippen molar-refractivity contribution in [2.45, 2.75) is 32.6 Å². The van der Waals surface area contributed by atoms with Gasteiger partial charge in [-0.2, -0.15) is 0 Å². The molecule has 30 heavy (non-hydrogen) atoms. The Labute approximate surface area is 175 Å². The van der Waals surface area contributed by atoms with E-state index in [-0.39, 0.29) is 17.9 Å². The predicted molar refractivity (Wildman–Crippen MR) is 115 cm³/mol. The molecule has 1 saturated heterocycles. The van der Waals surface area contributed by atoms with Gasteiger partial charge in [0, 0.05) is 43.0 Å². The van der Waals surface area contributed by atoms with E-state index >= 15 is 0 Å². The third kappa shape index (κ3) is 4.18. The number of anilines is 2. The SMILES string of the molecule is COc1ccc2c(c1)CCCN2C(=O)CCc1c(C)nc(N2CCOCC2)[nH]c1=O. The molecule has 0 unspecified atom stereocenters. The third-order valence-corrected chi connectivity index (χ3v) is 5.82. The first kappa shape index (κ1) is 20.4. The second-order valence-electron chi connectivity index (χ2n) is 7.70. The summed E-state index contributed by atoms with van der Waals surface area (Å²) < 4.78 is 10.7. The molecule has 8 nitrogen and oxygen atoms in total. The topological polar surface area (TPSA) is 87.8 Å². The first-order valence-corrected chi connectivity index (χ1v) is 10.5. The number of carbonyl (C=O) groups excluding carboxylic acids is 1. The van der Waals surface area contributed by atoms with Crippen LogP contribution in [0.3, 0.4) is 0 Å². The van der Waals surface area contributed by atoms with E-state index in [2.05, 4.69) is 9.97 Å². The van der Waals surface area contributed by atoms with Gasteiger partial charge in [0.05, 0.1) is 20.3 Å². The zero-order chi connectivity index (χ0) is 21.1. The number of fused-ring (bicyclic) bond motifs is 1. The van der Waals surface area contributed by atoms with Crippen molar-refractivity contribution >= 4 is 17.5 Å². The van der Waals surface area contributed by atoms with Crippen LogP contribution in [0.4, 0.5) is 11.6 Å². The van der Waals surface area contributed by atoms with Crippen LogP contribution in [-0.2, 0) is 22.4 Å². The largest absolute Gasteiger partial charge is 0.497 e. The lowest BCUT2D eigenvalue weighted by molar-refractivity contribution is -0.118. The maximum atomic E-state index is 13.0. The molecule has 0 radical (unpaired) electrons. The Hall–Kier alpha value is -2.87. The molecule has 1 N–H and O–H groups in total. The van der Waals surface area contributed by atoms with Crippen molar-refractivity contribution in [2.75, 3.05) is 49.8 Å². The normalized spacial score (nSPS) is 16.3. The summed E-state index contributed by atoms with van der Waals surface area (Å²) in [4.78, 5) is 36.9. The van der Waals surface area contributed by atoms with Crippen LogP contribution in [0.5, 0.6) is 5.75 Å². The minimum Gasteiger partial charge on any atom is -0.497 e. The summed E-state index contributed by atoms with van der Waals surface area (Å²) in [6.45, 7) is 5.20. The zero-order valence-corrected chi connectivity index (χ0v) is 17.6. The van der Waals surface area contributed by atoms with Crippen LogP contribution >= 0.6 is 0 Å². The van der Waals surface area contributed by atoms with Gasteiger partial charge in [-0.15, -0.1) is 0 Å². The molecule has 0 aliphatic carbocycles. The van der Waals surface area contributed by atoms with Crippen LogP contribution in [0.25, 0.3) is 0 Å². The Morgan fingerprint density at radius 3 is 2.80 bits per heavy atom. The van der Waals surface area contributed by atoms with Crippen LogP contribution in [0.15, 0.2) is 23.0 Å². The number of morpholine rings is 1. The molecule has 0 saturated carbocycles. The number of nitrogens with zero attached hydrogens (tertiary/aromatic N) is 3. The maximum absolute atomic E-state index is 13.0. The minimum atomic E-state index is -0.166. The number of methoxy groups -OCH3 is 1. The summed E-state index contributed by atoms with van der Waals surface area (Å²) in [5.74, 6) is 1.41. The molecule has 1 aromatic heterocycles. The maximum Gasteiger partial charge on any atom is 0.255 e. The van der Waals surface area contributed by atoms with Gasteiger partial charge in [0.15, 0.2) is 0 Å². The summed E-state index contributed by atoms with van der Waals surface area (Å²) in [5, 5.41) is 0. The fourth-order valence-electron chi connectivity index (χ4n) is 4.14. The highest BCUT2D eigenvalue weighted by atomic mass is 16.5. The van der Waals surface area contributed by atoms with Gasteiger partial charge >= 0.3 is 0 Å². The Morgan fingerprint density at radius 2 is 2.07 bits per heavy atom. The highest BCUT2D eigenvalue weighted by Gasteiger charge is 2.24. The summed E-state index contributed by atoms with van der Waals surface area (Å²) in [6.07, 6.45) is 2.50. The number of H-pyrrole nitrogens is 1. The van der Waals surface area contributed by atoms with Crippen molar-refractivity contribution in [3.05, 3.63) is 45.4 Å². The number of carbonyl (C=O) groups is 1. The van der Waals surface area contributed by atoms with Crippen molar-refractivity contribution in [3.63, 3.8) is 0 Å². The fraction of sp³-hybridized carbons (Fsp3) is 0.500. The van der Waals surface area contributed by atoms with Gasteiger partial charge in [0.1, 0.15) is 5.75 Å². The number of ether oxygens (including phenoxy) is 2. The Bertz CT molecular complexity index is 982. The van der Waals surface area contributed by atoms with Crippen molar-refractivity contribution < 1.29 is 14.3 Å². The number of amides is 1. The van der Waals surface area contributed by atoms with Gasteiger partial charge in [0.25, 0.3) is 5.56 Å². The van der Waals surface area contributed by atoms with E-state index in [1.54, 1.807) is 7.11 Å². The summed E-state index contributed by atoms with van der Waals surface area (Å²) >= 11 is 0. The summed E-state index contributed by atoms with van der Waals surface area (Å²) in [5.41, 5.74) is 3.16. The van der Waals surface area contributed by atoms with E-state index in [9.17, 15) is 9.59 Å². The molecule has 4 rings (SSSR count). The fourth-order valence-corrected chi connectivity index (χ4v) is 4.14. The highest BCUT2D eigenvalue weighted by Crippen LogP contribution is 2.31. The van der Waals surface area contributed by atoms with Crippen LogP contribution < -0.4 is 20.1 Å². The van der Waals surface area contributed by atoms with Crippen LogP contribution in [0.2, 0.25) is 0 Å². The lowest BCUT2D eigenvalue weighted by Gasteiger charge is -2.30. The first-order valence-electron chi connectivity index (χ1n) is 10.5. The van der Waals surface area contributed by atoms with Crippen molar-refractivity contribution in [3.8, 4) is 5.75 Å². The molecule has 2 aromatic rings. The lowest BCUT2D eigenvalue weighted by atomic mass is 10.0. The lowest BCUT2D eigenvalue weighted by Crippen LogP contribution is -2.39. The molecule has 0 spiro atoms. The average Bonchev–Trinajstić information content (AvgIpc) is 2.78. The van der Waals surface area contributed by atoms with E-state index in [1.165, 1.54) is 0 Å². The van der Waals surface area contributed by atoms with E-state index in [1.807, 2.05) is 34.9 Å². The Kier molecular flexibility index (Phi) is 6.03. The highest BCUT2D eigenvalue weighted by molar-refractivity contribution is 5.94. The molecule has 1 aromatic carbocycles. The number of rotatable bonds is 5. The molecule has 0 atom stereocenters. The molecule has 1 amide bonds. The molecule has 0 bridgehead atoms. The second-order valence-corrected chi connectivity index (χ2v) is 7.70. The first-order chi connectivity index (χ1) is 14.6. The number of hydrogen-bond acceptors (Lipinski definition) is 6. The number of aryl methyl sites for hydroxylation is 2. The smallest absolute Gasteiger partial charge is 0.255 e. The monoisotopic (exact) mass is 412 g/mol. The predicted octanol–water partition coefficient (Wildman–Crippen LogP) is 1.84. The number of aromatic nitrogens is 2. The van der Waals surface area contributed by atoms with Crippen LogP contribution in [0, 0.1) is 6.92 Å². The average molecular weight is 412 g/mol. The van der Waals surface area contributed by atoms with Gasteiger partial charge in [-0.1, -0.05) is 0 Å². The van der Waals surface area contributed by atoms with Gasteiger partial charge in [0.2, 0.25) is 11.9 Å². The van der Waals surface area contributed by atoms with Crippen LogP contribution in [0.1, 0.15) is 29.7 Å². The van der Waals surface area contributed by atoms with E-state index in [0.29, 0.717) is 56.5 Å². The standard InChI is InChI=1S/C22H28N4O4/c1-15-18(21(28)24-22(23-15)25-10-12-30-13-11-25)6-8-20(27)26-9-3-4-16-14-17(29-2)5-7-19(16)26/h5,7,14H,3-4,6,8-13H2,1-2H3,(H,23,24,28). The van der Waals surface area contributed by atoms with Gasteiger partial charge in [-0.05, 0) is 49.9 Å². The quantitative estimate of drug-likeness (QED) is 0.806. The van der Waals surface area contributed by atoms with Gasteiger partial charge < -0.3 is 19.3 Å².